The van der Waals surface area contributed by atoms with Crippen LogP contribution in [0.1, 0.15) is 0 Å². The molecule has 0 spiro atoms. The molecule has 29 heavy (non-hydrogen) atoms. The van der Waals surface area contributed by atoms with Gasteiger partial charge in [-0.1, -0.05) is 60.7 Å². The first-order chi connectivity index (χ1) is 14.0. The van der Waals surface area contributed by atoms with E-state index in [1.807, 2.05) is 60.7 Å². The molecular formula is C20H13N5O4. The van der Waals surface area contributed by atoms with Crippen LogP contribution in [0.2, 0.25) is 0 Å². The molecule has 2 aromatic carbocycles. The smallest absolute Gasteiger partial charge is 0.258 e. The summed E-state index contributed by atoms with van der Waals surface area (Å²) in [7, 11) is 0. The first-order valence-electron chi connectivity index (χ1n) is 8.54. The Hall–Kier alpha value is -4.40. The van der Waals surface area contributed by atoms with Gasteiger partial charge in [0.05, 0.1) is 27.3 Å². The first-order valence-corrected chi connectivity index (χ1v) is 8.54. The zero-order valence-corrected chi connectivity index (χ0v) is 14.9. The number of nitrogens with zero attached hydrogens (tertiary/aromatic N) is 5. The van der Waals surface area contributed by atoms with Gasteiger partial charge in [0.2, 0.25) is 5.82 Å². The zero-order chi connectivity index (χ0) is 20.4. The molecule has 2 heterocycles. The van der Waals surface area contributed by atoms with Crippen LogP contribution in [0, 0.1) is 20.2 Å². The molecule has 4 rings (SSSR count). The summed E-state index contributed by atoms with van der Waals surface area (Å²) >= 11 is 0. The number of pyridine rings is 1. The summed E-state index contributed by atoms with van der Waals surface area (Å²) in [5.74, 6) is -0.0957. The molecule has 0 saturated heterocycles. The van der Waals surface area contributed by atoms with Crippen molar-refractivity contribution >= 4 is 11.4 Å². The summed E-state index contributed by atoms with van der Waals surface area (Å²) in [5.41, 5.74) is 1.81. The van der Waals surface area contributed by atoms with E-state index >= 15 is 0 Å². The van der Waals surface area contributed by atoms with Gasteiger partial charge in [-0.25, -0.2) is 9.67 Å². The molecule has 0 atom stereocenters. The van der Waals surface area contributed by atoms with Crippen molar-refractivity contribution in [2.24, 2.45) is 0 Å². The minimum absolute atomic E-state index is 0.0957. The Balaban J connectivity index is 1.97. The van der Waals surface area contributed by atoms with Crippen molar-refractivity contribution in [2.75, 3.05) is 0 Å². The number of rotatable bonds is 5. The van der Waals surface area contributed by atoms with E-state index in [0.717, 1.165) is 23.4 Å². The molecule has 0 N–H and O–H groups in total. The van der Waals surface area contributed by atoms with Gasteiger partial charge in [-0.3, -0.25) is 20.2 Å². The van der Waals surface area contributed by atoms with Gasteiger partial charge >= 0.3 is 5.69 Å². The maximum absolute atomic E-state index is 11.6. The third kappa shape index (κ3) is 3.44. The van der Waals surface area contributed by atoms with E-state index in [0.29, 0.717) is 11.4 Å². The van der Waals surface area contributed by atoms with Crippen LogP contribution >= 0.6 is 0 Å². The van der Waals surface area contributed by atoms with Crippen molar-refractivity contribution in [3.05, 3.63) is 99.2 Å². The zero-order valence-electron chi connectivity index (χ0n) is 14.9. The molecule has 0 aliphatic rings. The fourth-order valence-corrected chi connectivity index (χ4v) is 2.94. The Kier molecular flexibility index (Phi) is 4.54. The van der Waals surface area contributed by atoms with Crippen LogP contribution in [-0.2, 0) is 0 Å². The molecule has 9 nitrogen and oxygen atoms in total. The Morgan fingerprint density at radius 3 is 2.00 bits per heavy atom. The lowest BCUT2D eigenvalue weighted by Crippen LogP contribution is -2.07. The second-order valence-electron chi connectivity index (χ2n) is 6.11. The fraction of sp³-hybridized carbons (Fsp3) is 0. The fourth-order valence-electron chi connectivity index (χ4n) is 2.94. The summed E-state index contributed by atoms with van der Waals surface area (Å²) in [6, 6.07) is 21.3. The number of benzene rings is 2. The molecule has 0 unspecified atom stereocenters. The van der Waals surface area contributed by atoms with E-state index in [4.69, 9.17) is 0 Å². The molecule has 2 aromatic heterocycles. The molecule has 142 valence electrons. The van der Waals surface area contributed by atoms with Crippen LogP contribution in [0.15, 0.2) is 79.0 Å². The van der Waals surface area contributed by atoms with Gasteiger partial charge in [-0.05, 0) is 6.07 Å². The summed E-state index contributed by atoms with van der Waals surface area (Å²) in [5, 5.41) is 27.1. The van der Waals surface area contributed by atoms with Gasteiger partial charge in [-0.2, -0.15) is 5.10 Å². The summed E-state index contributed by atoms with van der Waals surface area (Å²) < 4.78 is 1.35. The second-order valence-corrected chi connectivity index (χ2v) is 6.11. The highest BCUT2D eigenvalue weighted by Crippen LogP contribution is 2.32. The van der Waals surface area contributed by atoms with Crippen molar-refractivity contribution in [3.8, 4) is 28.3 Å². The highest BCUT2D eigenvalue weighted by molar-refractivity contribution is 5.71. The van der Waals surface area contributed by atoms with Crippen LogP contribution in [-0.4, -0.2) is 24.6 Å². The van der Waals surface area contributed by atoms with Gasteiger partial charge in [0.15, 0.2) is 0 Å². The third-order valence-corrected chi connectivity index (χ3v) is 4.29. The van der Waals surface area contributed by atoms with Gasteiger partial charge in [-0.15, -0.1) is 0 Å². The standard InChI is InChI=1S/C20H13N5O4/c26-24(27)16-11-19(25(28)29)20(21-13-16)23-18(15-9-5-2-6-10-15)12-17(22-23)14-7-3-1-4-8-14/h1-13H. The molecule has 0 saturated carbocycles. The first kappa shape index (κ1) is 18.0. The predicted octanol–water partition coefficient (Wildman–Crippen LogP) is 4.42. The maximum atomic E-state index is 11.6. The van der Waals surface area contributed by atoms with Crippen molar-refractivity contribution < 1.29 is 9.85 Å². The Morgan fingerprint density at radius 1 is 0.793 bits per heavy atom. The van der Waals surface area contributed by atoms with E-state index in [1.54, 1.807) is 6.07 Å². The van der Waals surface area contributed by atoms with E-state index in [1.165, 1.54) is 4.68 Å². The molecule has 0 amide bonds. The summed E-state index contributed by atoms with van der Waals surface area (Å²) in [6.45, 7) is 0. The lowest BCUT2D eigenvalue weighted by atomic mass is 10.1. The molecule has 0 bridgehead atoms. The predicted molar refractivity (Wildman–Crippen MR) is 106 cm³/mol. The minimum atomic E-state index is -0.722. The lowest BCUT2D eigenvalue weighted by molar-refractivity contribution is -0.394. The second kappa shape index (κ2) is 7.31. The molecule has 0 aliphatic carbocycles. The molecule has 0 aliphatic heterocycles. The van der Waals surface area contributed by atoms with E-state index < -0.39 is 21.2 Å². The number of nitro groups is 2. The molecule has 4 aromatic rings. The topological polar surface area (TPSA) is 117 Å². The average Bonchev–Trinajstić information content (AvgIpc) is 3.20. The van der Waals surface area contributed by atoms with Gasteiger partial charge in [0.25, 0.3) is 5.69 Å². The minimum Gasteiger partial charge on any atom is -0.258 e. The average molecular weight is 387 g/mol. The summed E-state index contributed by atoms with van der Waals surface area (Å²) in [6.07, 6.45) is 0.987. The molecule has 0 fully saturated rings. The van der Waals surface area contributed by atoms with Crippen molar-refractivity contribution in [2.45, 2.75) is 0 Å². The summed E-state index contributed by atoms with van der Waals surface area (Å²) in [4.78, 5) is 25.2. The Bertz CT molecular complexity index is 1210. The molecule has 9 heteroatoms. The van der Waals surface area contributed by atoms with Crippen LogP contribution in [0.5, 0.6) is 0 Å². The van der Waals surface area contributed by atoms with Crippen molar-refractivity contribution in [1.82, 2.24) is 14.8 Å². The Labute approximate surface area is 164 Å². The van der Waals surface area contributed by atoms with E-state index in [-0.39, 0.29) is 5.82 Å². The largest absolute Gasteiger partial charge is 0.320 e. The van der Waals surface area contributed by atoms with E-state index in [9.17, 15) is 20.2 Å². The van der Waals surface area contributed by atoms with Gasteiger partial charge < -0.3 is 0 Å². The van der Waals surface area contributed by atoms with Gasteiger partial charge in [0, 0.05) is 11.1 Å². The molecule has 0 radical (unpaired) electrons. The third-order valence-electron chi connectivity index (χ3n) is 4.29. The highest BCUT2D eigenvalue weighted by atomic mass is 16.6. The van der Waals surface area contributed by atoms with Crippen LogP contribution < -0.4 is 0 Å². The highest BCUT2D eigenvalue weighted by Gasteiger charge is 2.25. The van der Waals surface area contributed by atoms with Crippen LogP contribution in [0.25, 0.3) is 28.3 Å². The van der Waals surface area contributed by atoms with Gasteiger partial charge in [0.1, 0.15) is 6.20 Å². The molecular weight excluding hydrogens is 374 g/mol. The van der Waals surface area contributed by atoms with Crippen molar-refractivity contribution in [3.63, 3.8) is 0 Å². The Morgan fingerprint density at radius 2 is 1.41 bits per heavy atom. The van der Waals surface area contributed by atoms with Crippen LogP contribution in [0.4, 0.5) is 11.4 Å². The number of hydrogen-bond acceptors (Lipinski definition) is 6. The maximum Gasteiger partial charge on any atom is 0.320 e. The number of hydrogen-bond donors (Lipinski definition) is 0. The van der Waals surface area contributed by atoms with E-state index in [2.05, 4.69) is 10.1 Å². The lowest BCUT2D eigenvalue weighted by Gasteiger charge is -2.07. The monoisotopic (exact) mass is 387 g/mol. The normalized spacial score (nSPS) is 10.6. The van der Waals surface area contributed by atoms with Crippen molar-refractivity contribution in [1.29, 1.82) is 0 Å². The SMILES string of the molecule is O=[N+]([O-])c1cnc(-n2nc(-c3ccccc3)cc2-c2ccccc2)c([N+](=O)[O-])c1. The number of aromatic nitrogens is 3. The van der Waals surface area contributed by atoms with Crippen LogP contribution in [0.3, 0.4) is 0 Å². The quantitative estimate of drug-likeness (QED) is 0.370.